The lowest BCUT2D eigenvalue weighted by Crippen LogP contribution is -2.34. The van der Waals surface area contributed by atoms with Crippen molar-refractivity contribution in [3.05, 3.63) is 21.9 Å². The molecule has 16 heavy (non-hydrogen) atoms. The van der Waals surface area contributed by atoms with Gasteiger partial charge in [-0.25, -0.2) is 0 Å². The molecule has 0 bridgehead atoms. The zero-order valence-corrected chi connectivity index (χ0v) is 10.6. The minimum absolute atomic E-state index is 0.249. The van der Waals surface area contributed by atoms with Gasteiger partial charge in [0.05, 0.1) is 12.0 Å². The van der Waals surface area contributed by atoms with Gasteiger partial charge in [0.15, 0.2) is 0 Å². The maximum Gasteiger partial charge on any atom is 0.0669 e. The van der Waals surface area contributed by atoms with Gasteiger partial charge in [-0.15, -0.1) is 11.3 Å². The maximum atomic E-state index is 8.94. The van der Waals surface area contributed by atoms with Crippen LogP contribution >= 0.6 is 11.3 Å². The molecule has 2 rings (SSSR count). The van der Waals surface area contributed by atoms with Gasteiger partial charge in [0, 0.05) is 22.8 Å². The van der Waals surface area contributed by atoms with Gasteiger partial charge >= 0.3 is 0 Å². The Labute approximate surface area is 102 Å². The quantitative estimate of drug-likeness (QED) is 0.803. The summed E-state index contributed by atoms with van der Waals surface area (Å²) >= 11 is 1.91. The first-order valence-electron chi connectivity index (χ1n) is 6.01. The Morgan fingerprint density at radius 2 is 2.31 bits per heavy atom. The molecule has 0 aliphatic carbocycles. The Bertz CT molecular complexity index is 378. The molecule has 1 aromatic heterocycles. The Hall–Kier alpha value is -0.850. The molecule has 0 saturated carbocycles. The Kier molecular flexibility index (Phi) is 3.98. The Balaban J connectivity index is 1.91. The third-order valence-electron chi connectivity index (χ3n) is 3.13. The summed E-state index contributed by atoms with van der Waals surface area (Å²) in [6, 6.07) is 6.86. The molecule has 0 spiro atoms. The van der Waals surface area contributed by atoms with Crippen molar-refractivity contribution in [1.82, 2.24) is 4.90 Å². The first kappa shape index (κ1) is 11.6. The fourth-order valence-electron chi connectivity index (χ4n) is 2.22. The lowest BCUT2D eigenvalue weighted by atomic mass is 10.00. The predicted molar refractivity (Wildman–Crippen MR) is 67.3 cm³/mol. The molecule has 2 nitrogen and oxygen atoms in total. The van der Waals surface area contributed by atoms with Crippen molar-refractivity contribution >= 4 is 11.3 Å². The van der Waals surface area contributed by atoms with E-state index in [0.29, 0.717) is 0 Å². The number of rotatable bonds is 3. The van der Waals surface area contributed by atoms with Crippen LogP contribution in [0.4, 0.5) is 0 Å². The number of thiophene rings is 1. The highest BCUT2D eigenvalue weighted by atomic mass is 32.1. The van der Waals surface area contributed by atoms with E-state index in [1.807, 2.05) is 11.3 Å². The summed E-state index contributed by atoms with van der Waals surface area (Å²) in [4.78, 5) is 5.32. The molecule has 1 atom stereocenters. The normalized spacial score (nSPS) is 21.9. The minimum Gasteiger partial charge on any atom is -0.297 e. The zero-order valence-electron chi connectivity index (χ0n) is 9.78. The van der Waals surface area contributed by atoms with Crippen molar-refractivity contribution < 1.29 is 0 Å². The van der Waals surface area contributed by atoms with Crippen LogP contribution in [0.2, 0.25) is 0 Å². The van der Waals surface area contributed by atoms with E-state index >= 15 is 0 Å². The fraction of sp³-hybridized carbons (Fsp3) is 0.615. The Morgan fingerprint density at radius 1 is 1.50 bits per heavy atom. The second-order valence-electron chi connectivity index (χ2n) is 4.42. The third kappa shape index (κ3) is 2.84. The number of hydrogen-bond donors (Lipinski definition) is 0. The SMILES string of the molecule is CCc1ccc(CN2CCCC(C#N)C2)s1. The molecule has 0 radical (unpaired) electrons. The van der Waals surface area contributed by atoms with E-state index in [1.165, 1.54) is 16.2 Å². The summed E-state index contributed by atoms with van der Waals surface area (Å²) in [7, 11) is 0. The highest BCUT2D eigenvalue weighted by Crippen LogP contribution is 2.22. The van der Waals surface area contributed by atoms with Gasteiger partial charge < -0.3 is 0 Å². The second-order valence-corrected chi connectivity index (χ2v) is 5.68. The van der Waals surface area contributed by atoms with Crippen LogP contribution in [0.25, 0.3) is 0 Å². The summed E-state index contributed by atoms with van der Waals surface area (Å²) in [5, 5.41) is 8.94. The topological polar surface area (TPSA) is 27.0 Å². The Morgan fingerprint density at radius 3 is 3.00 bits per heavy atom. The molecule has 2 heterocycles. The van der Waals surface area contributed by atoms with Crippen LogP contribution in [0.15, 0.2) is 12.1 Å². The second kappa shape index (κ2) is 5.47. The van der Waals surface area contributed by atoms with Crippen LogP contribution in [0.3, 0.4) is 0 Å². The minimum atomic E-state index is 0.249. The van der Waals surface area contributed by atoms with E-state index < -0.39 is 0 Å². The number of piperidine rings is 1. The number of aryl methyl sites for hydroxylation is 1. The van der Waals surface area contributed by atoms with Crippen molar-refractivity contribution in [2.24, 2.45) is 5.92 Å². The van der Waals surface area contributed by atoms with Crippen LogP contribution < -0.4 is 0 Å². The van der Waals surface area contributed by atoms with Crippen molar-refractivity contribution in [3.63, 3.8) is 0 Å². The largest absolute Gasteiger partial charge is 0.297 e. The molecular weight excluding hydrogens is 216 g/mol. The summed E-state index contributed by atoms with van der Waals surface area (Å²) in [5.41, 5.74) is 0. The molecule has 0 aromatic carbocycles. The first-order valence-corrected chi connectivity index (χ1v) is 6.83. The van der Waals surface area contributed by atoms with Gasteiger partial charge in [-0.2, -0.15) is 5.26 Å². The summed E-state index contributed by atoms with van der Waals surface area (Å²) in [5.74, 6) is 0.249. The molecule has 1 aliphatic rings. The van der Waals surface area contributed by atoms with Crippen LogP contribution in [-0.2, 0) is 13.0 Å². The first-order chi connectivity index (χ1) is 7.81. The maximum absolute atomic E-state index is 8.94. The summed E-state index contributed by atoms with van der Waals surface area (Å²) < 4.78 is 0. The number of likely N-dealkylation sites (tertiary alicyclic amines) is 1. The van der Waals surface area contributed by atoms with Gasteiger partial charge in [0.1, 0.15) is 0 Å². The van der Waals surface area contributed by atoms with Crippen LogP contribution in [0.1, 0.15) is 29.5 Å². The molecule has 1 fully saturated rings. The van der Waals surface area contributed by atoms with Crippen molar-refractivity contribution in [1.29, 1.82) is 5.26 Å². The molecule has 1 unspecified atom stereocenters. The number of nitriles is 1. The zero-order chi connectivity index (χ0) is 11.4. The average molecular weight is 234 g/mol. The molecule has 1 aromatic rings. The van der Waals surface area contributed by atoms with Crippen molar-refractivity contribution in [2.45, 2.75) is 32.7 Å². The van der Waals surface area contributed by atoms with Gasteiger partial charge in [-0.1, -0.05) is 6.92 Å². The summed E-state index contributed by atoms with van der Waals surface area (Å²) in [6.07, 6.45) is 3.38. The lowest BCUT2D eigenvalue weighted by Gasteiger charge is -2.28. The van der Waals surface area contributed by atoms with Crippen molar-refractivity contribution in [3.8, 4) is 6.07 Å². The van der Waals surface area contributed by atoms with E-state index in [-0.39, 0.29) is 5.92 Å². The van der Waals surface area contributed by atoms with Gasteiger partial charge in [-0.3, -0.25) is 4.90 Å². The molecule has 3 heteroatoms. The number of hydrogen-bond acceptors (Lipinski definition) is 3. The van der Waals surface area contributed by atoms with E-state index in [4.69, 9.17) is 5.26 Å². The smallest absolute Gasteiger partial charge is 0.0669 e. The highest BCUT2D eigenvalue weighted by Gasteiger charge is 2.19. The predicted octanol–water partition coefficient (Wildman–Crippen LogP) is 3.05. The molecule has 0 amide bonds. The van der Waals surface area contributed by atoms with Gasteiger partial charge in [-0.05, 0) is 37.9 Å². The molecule has 1 aliphatic heterocycles. The van der Waals surface area contributed by atoms with E-state index in [9.17, 15) is 0 Å². The molecular formula is C13H18N2S. The molecule has 1 saturated heterocycles. The molecule has 0 N–H and O–H groups in total. The van der Waals surface area contributed by atoms with Crippen molar-refractivity contribution in [2.75, 3.05) is 13.1 Å². The van der Waals surface area contributed by atoms with Crippen LogP contribution in [0.5, 0.6) is 0 Å². The van der Waals surface area contributed by atoms with Crippen LogP contribution in [-0.4, -0.2) is 18.0 Å². The van der Waals surface area contributed by atoms with E-state index in [1.54, 1.807) is 0 Å². The highest BCUT2D eigenvalue weighted by molar-refractivity contribution is 7.11. The number of nitrogens with zero attached hydrogens (tertiary/aromatic N) is 2. The van der Waals surface area contributed by atoms with Gasteiger partial charge in [0.2, 0.25) is 0 Å². The summed E-state index contributed by atoms with van der Waals surface area (Å²) in [6.45, 7) is 5.33. The fourth-order valence-corrected chi connectivity index (χ4v) is 3.22. The standard InChI is InChI=1S/C13H18N2S/c1-2-12-5-6-13(16-12)10-15-7-3-4-11(8-14)9-15/h5-6,11H,2-4,7,9-10H2,1H3. The van der Waals surface area contributed by atoms with E-state index in [0.717, 1.165) is 32.5 Å². The van der Waals surface area contributed by atoms with E-state index in [2.05, 4.69) is 30.0 Å². The lowest BCUT2D eigenvalue weighted by molar-refractivity contribution is 0.193. The third-order valence-corrected chi connectivity index (χ3v) is 4.35. The molecule has 86 valence electrons. The monoisotopic (exact) mass is 234 g/mol. The average Bonchev–Trinajstić information content (AvgIpc) is 2.77. The van der Waals surface area contributed by atoms with Crippen LogP contribution in [0, 0.1) is 17.2 Å². The van der Waals surface area contributed by atoms with Gasteiger partial charge in [0.25, 0.3) is 0 Å².